The fourth-order valence-corrected chi connectivity index (χ4v) is 4.17. The molecule has 162 valence electrons. The Morgan fingerprint density at radius 1 is 1.10 bits per heavy atom. The van der Waals surface area contributed by atoms with E-state index in [2.05, 4.69) is 5.32 Å². The Bertz CT molecular complexity index is 862. The van der Waals surface area contributed by atoms with Gasteiger partial charge in [0, 0.05) is 19.3 Å². The van der Waals surface area contributed by atoms with E-state index in [1.807, 2.05) is 37.3 Å². The van der Waals surface area contributed by atoms with Gasteiger partial charge in [0.25, 0.3) is 0 Å². The van der Waals surface area contributed by atoms with Crippen molar-refractivity contribution >= 4 is 46.8 Å². The van der Waals surface area contributed by atoms with Gasteiger partial charge >= 0.3 is 0 Å². The maximum absolute atomic E-state index is 13.1. The summed E-state index contributed by atoms with van der Waals surface area (Å²) in [5.41, 5.74) is 1.92. The SMILES string of the molecule is CC[C@H](C(=O)NC)N(Cc1ccc(Cl)c(Cl)c1)C(=O)CSCc1ccc(OC)cc1. The van der Waals surface area contributed by atoms with Gasteiger partial charge in [-0.3, -0.25) is 9.59 Å². The van der Waals surface area contributed by atoms with E-state index in [-0.39, 0.29) is 24.1 Å². The summed E-state index contributed by atoms with van der Waals surface area (Å²) < 4.78 is 5.16. The maximum Gasteiger partial charge on any atom is 0.242 e. The van der Waals surface area contributed by atoms with Gasteiger partial charge in [-0.05, 0) is 41.8 Å². The number of benzene rings is 2. The van der Waals surface area contributed by atoms with Crippen LogP contribution in [-0.2, 0) is 21.9 Å². The minimum Gasteiger partial charge on any atom is -0.497 e. The average Bonchev–Trinajstić information content (AvgIpc) is 2.76. The first-order chi connectivity index (χ1) is 14.4. The lowest BCUT2D eigenvalue weighted by atomic mass is 10.1. The van der Waals surface area contributed by atoms with Crippen LogP contribution in [0.1, 0.15) is 24.5 Å². The van der Waals surface area contributed by atoms with Crippen molar-refractivity contribution < 1.29 is 14.3 Å². The number of amides is 2. The van der Waals surface area contributed by atoms with Crippen molar-refractivity contribution in [3.63, 3.8) is 0 Å². The first-order valence-electron chi connectivity index (χ1n) is 9.55. The van der Waals surface area contributed by atoms with Crippen molar-refractivity contribution in [2.45, 2.75) is 31.7 Å². The van der Waals surface area contributed by atoms with Gasteiger partial charge in [0.15, 0.2) is 0 Å². The molecule has 8 heteroatoms. The Morgan fingerprint density at radius 2 is 1.77 bits per heavy atom. The van der Waals surface area contributed by atoms with E-state index in [0.717, 1.165) is 16.9 Å². The number of hydrogen-bond donors (Lipinski definition) is 1. The summed E-state index contributed by atoms with van der Waals surface area (Å²) in [7, 11) is 3.20. The Kier molecular flexibility index (Phi) is 9.82. The summed E-state index contributed by atoms with van der Waals surface area (Å²) in [6, 6.07) is 12.4. The largest absolute Gasteiger partial charge is 0.497 e. The third-order valence-electron chi connectivity index (χ3n) is 4.62. The lowest BCUT2D eigenvalue weighted by molar-refractivity contribution is -0.139. The summed E-state index contributed by atoms with van der Waals surface area (Å²) in [5, 5.41) is 3.52. The van der Waals surface area contributed by atoms with Crippen LogP contribution in [0.3, 0.4) is 0 Å². The second-order valence-electron chi connectivity index (χ2n) is 6.65. The molecule has 0 radical (unpaired) electrons. The van der Waals surface area contributed by atoms with E-state index >= 15 is 0 Å². The van der Waals surface area contributed by atoms with E-state index in [1.165, 1.54) is 11.8 Å². The number of methoxy groups -OCH3 is 1. The number of halogens is 2. The fraction of sp³-hybridized carbons (Fsp3) is 0.364. The van der Waals surface area contributed by atoms with Crippen molar-refractivity contribution in [2.75, 3.05) is 19.9 Å². The number of thioether (sulfide) groups is 1. The minimum atomic E-state index is -0.557. The van der Waals surface area contributed by atoms with Crippen LogP contribution in [0.2, 0.25) is 10.0 Å². The number of nitrogens with zero attached hydrogens (tertiary/aromatic N) is 1. The van der Waals surface area contributed by atoms with E-state index in [9.17, 15) is 9.59 Å². The molecule has 0 aromatic heterocycles. The summed E-state index contributed by atoms with van der Waals surface area (Å²) in [4.78, 5) is 27.1. The van der Waals surface area contributed by atoms with Crippen molar-refractivity contribution in [3.8, 4) is 5.75 Å². The van der Waals surface area contributed by atoms with Gasteiger partial charge in [-0.2, -0.15) is 0 Å². The topological polar surface area (TPSA) is 58.6 Å². The molecule has 0 aliphatic carbocycles. The molecule has 2 aromatic rings. The van der Waals surface area contributed by atoms with Gasteiger partial charge in [-0.15, -0.1) is 11.8 Å². The Labute approximate surface area is 192 Å². The number of carbonyl (C=O) groups excluding carboxylic acids is 2. The molecule has 0 saturated carbocycles. The van der Waals surface area contributed by atoms with Gasteiger partial charge in [0.2, 0.25) is 11.8 Å². The monoisotopic (exact) mass is 468 g/mol. The number of ether oxygens (including phenoxy) is 1. The molecule has 1 N–H and O–H groups in total. The van der Waals surface area contributed by atoms with Crippen molar-refractivity contribution in [3.05, 3.63) is 63.6 Å². The van der Waals surface area contributed by atoms with Crippen LogP contribution in [0.5, 0.6) is 5.75 Å². The third kappa shape index (κ3) is 6.83. The predicted octanol–water partition coefficient (Wildman–Crippen LogP) is 4.79. The number of hydrogen-bond acceptors (Lipinski definition) is 4. The zero-order chi connectivity index (χ0) is 22.1. The molecule has 0 aliphatic heterocycles. The zero-order valence-corrected chi connectivity index (χ0v) is 19.6. The molecule has 0 bridgehead atoms. The average molecular weight is 469 g/mol. The van der Waals surface area contributed by atoms with E-state index in [1.54, 1.807) is 31.2 Å². The summed E-state index contributed by atoms with van der Waals surface area (Å²) in [6.45, 7) is 2.17. The highest BCUT2D eigenvalue weighted by atomic mass is 35.5. The summed E-state index contributed by atoms with van der Waals surface area (Å²) >= 11 is 13.6. The molecule has 0 spiro atoms. The molecule has 0 unspecified atom stereocenters. The highest BCUT2D eigenvalue weighted by molar-refractivity contribution is 7.99. The number of likely N-dealkylation sites (N-methyl/N-ethyl adjacent to an activating group) is 1. The number of carbonyl (C=O) groups is 2. The van der Waals surface area contributed by atoms with Crippen LogP contribution in [0.15, 0.2) is 42.5 Å². The van der Waals surface area contributed by atoms with Gasteiger partial charge < -0.3 is 15.0 Å². The second kappa shape index (κ2) is 12.1. The molecule has 30 heavy (non-hydrogen) atoms. The van der Waals surface area contributed by atoms with Crippen molar-refractivity contribution in [1.29, 1.82) is 0 Å². The van der Waals surface area contributed by atoms with Gasteiger partial charge in [-0.25, -0.2) is 0 Å². The molecule has 2 aromatic carbocycles. The second-order valence-corrected chi connectivity index (χ2v) is 8.45. The Hall–Kier alpha value is -1.89. The van der Waals surface area contributed by atoms with Crippen molar-refractivity contribution in [1.82, 2.24) is 10.2 Å². The van der Waals surface area contributed by atoms with Crippen molar-refractivity contribution in [2.24, 2.45) is 0 Å². The number of nitrogens with one attached hydrogen (secondary N) is 1. The zero-order valence-electron chi connectivity index (χ0n) is 17.3. The van der Waals surface area contributed by atoms with E-state index in [4.69, 9.17) is 27.9 Å². The predicted molar refractivity (Wildman–Crippen MR) is 124 cm³/mol. The van der Waals surface area contributed by atoms with Gasteiger partial charge in [-0.1, -0.05) is 48.3 Å². The van der Waals surface area contributed by atoms with Crippen LogP contribution < -0.4 is 10.1 Å². The number of rotatable bonds is 10. The normalized spacial score (nSPS) is 11.6. The molecule has 0 heterocycles. The molecule has 0 saturated heterocycles. The summed E-state index contributed by atoms with van der Waals surface area (Å²) in [6.07, 6.45) is 0.510. The van der Waals surface area contributed by atoms with Gasteiger partial charge in [0.05, 0.1) is 22.9 Å². The smallest absolute Gasteiger partial charge is 0.242 e. The van der Waals surface area contributed by atoms with Crippen LogP contribution in [0.25, 0.3) is 0 Å². The lowest BCUT2D eigenvalue weighted by Crippen LogP contribution is -2.48. The molecule has 1 atom stereocenters. The highest BCUT2D eigenvalue weighted by Crippen LogP contribution is 2.24. The standard InChI is InChI=1S/C22H26Cl2N2O3S/c1-4-20(22(28)25-2)26(12-16-7-10-18(23)19(24)11-16)21(27)14-30-13-15-5-8-17(29-3)9-6-15/h5-11,20H,4,12-14H2,1-3H3,(H,25,28)/t20-/m1/s1. The first kappa shape index (κ1) is 24.4. The van der Waals surface area contributed by atoms with Crippen LogP contribution in [0, 0.1) is 0 Å². The van der Waals surface area contributed by atoms with E-state index in [0.29, 0.717) is 22.2 Å². The van der Waals surface area contributed by atoms with E-state index < -0.39 is 6.04 Å². The molecular formula is C22H26Cl2N2O3S. The lowest BCUT2D eigenvalue weighted by Gasteiger charge is -2.30. The van der Waals surface area contributed by atoms with Crippen LogP contribution >= 0.6 is 35.0 Å². The van der Waals surface area contributed by atoms with Crippen LogP contribution in [0.4, 0.5) is 0 Å². The molecular weight excluding hydrogens is 443 g/mol. The Balaban J connectivity index is 2.10. The maximum atomic E-state index is 13.1. The van der Waals surface area contributed by atoms with Gasteiger partial charge in [0.1, 0.15) is 11.8 Å². The highest BCUT2D eigenvalue weighted by Gasteiger charge is 2.28. The van der Waals surface area contributed by atoms with Crippen LogP contribution in [-0.4, -0.2) is 42.7 Å². The quantitative estimate of drug-likeness (QED) is 0.544. The molecule has 2 amide bonds. The molecule has 2 rings (SSSR count). The molecule has 0 fully saturated rings. The first-order valence-corrected chi connectivity index (χ1v) is 11.5. The Morgan fingerprint density at radius 3 is 2.33 bits per heavy atom. The molecule has 5 nitrogen and oxygen atoms in total. The third-order valence-corrected chi connectivity index (χ3v) is 6.35. The fourth-order valence-electron chi connectivity index (χ4n) is 2.98. The minimum absolute atomic E-state index is 0.102. The summed E-state index contributed by atoms with van der Waals surface area (Å²) in [5.74, 6) is 1.46. The molecule has 0 aliphatic rings.